The van der Waals surface area contributed by atoms with E-state index >= 15 is 0 Å². The van der Waals surface area contributed by atoms with Crippen molar-refractivity contribution >= 4 is 16.9 Å². The molecule has 2 aromatic rings. The highest BCUT2D eigenvalue weighted by Crippen LogP contribution is 2.47. The van der Waals surface area contributed by atoms with Gasteiger partial charge in [0.25, 0.3) is 0 Å². The number of aliphatic carboxylic acids is 1. The van der Waals surface area contributed by atoms with Crippen LogP contribution in [0.15, 0.2) is 30.3 Å². The highest BCUT2D eigenvalue weighted by Gasteiger charge is 2.45. The van der Waals surface area contributed by atoms with E-state index in [0.717, 1.165) is 23.0 Å². The van der Waals surface area contributed by atoms with E-state index in [1.54, 1.807) is 0 Å². The van der Waals surface area contributed by atoms with Gasteiger partial charge in [0.05, 0.1) is 5.92 Å². The zero-order chi connectivity index (χ0) is 10.4. The number of carboxylic acids is 1. The summed E-state index contributed by atoms with van der Waals surface area (Å²) in [6, 6.07) is 10.1. The highest BCUT2D eigenvalue weighted by molar-refractivity contribution is 5.82. The van der Waals surface area contributed by atoms with E-state index in [0.29, 0.717) is 0 Å². The molecule has 1 saturated carbocycles. The molecular weight excluding hydrogens is 190 g/mol. The Bertz CT molecular complexity index is 496. The first kappa shape index (κ1) is 8.53. The average molecular weight is 201 g/mol. The Morgan fingerprint density at radius 2 is 2.20 bits per heavy atom. The largest absolute Gasteiger partial charge is 0.481 e. The summed E-state index contributed by atoms with van der Waals surface area (Å²) in [5.74, 6) is -0.674. The van der Waals surface area contributed by atoms with Gasteiger partial charge in [0, 0.05) is 17.1 Å². The van der Waals surface area contributed by atoms with Crippen LogP contribution < -0.4 is 0 Å². The number of aromatic nitrogens is 1. The van der Waals surface area contributed by atoms with Crippen molar-refractivity contribution in [3.63, 3.8) is 0 Å². The monoisotopic (exact) mass is 201 g/mol. The van der Waals surface area contributed by atoms with Crippen molar-refractivity contribution in [1.29, 1.82) is 0 Å². The molecule has 1 aromatic heterocycles. The van der Waals surface area contributed by atoms with E-state index in [1.165, 1.54) is 0 Å². The maximum absolute atomic E-state index is 10.7. The number of aromatic amines is 1. The van der Waals surface area contributed by atoms with Gasteiger partial charge in [-0.2, -0.15) is 0 Å². The Morgan fingerprint density at radius 1 is 1.40 bits per heavy atom. The summed E-state index contributed by atoms with van der Waals surface area (Å²) in [4.78, 5) is 14.0. The molecule has 3 rings (SSSR count). The smallest absolute Gasteiger partial charge is 0.307 e. The first-order valence-corrected chi connectivity index (χ1v) is 5.06. The minimum Gasteiger partial charge on any atom is -0.481 e. The lowest BCUT2D eigenvalue weighted by Gasteiger charge is -1.91. The third-order valence-electron chi connectivity index (χ3n) is 3.06. The van der Waals surface area contributed by atoms with Crippen LogP contribution in [0, 0.1) is 5.92 Å². The molecule has 0 radical (unpaired) electrons. The molecule has 2 unspecified atom stereocenters. The quantitative estimate of drug-likeness (QED) is 0.783. The number of carbonyl (C=O) groups is 1. The SMILES string of the molecule is O=C(O)C1CC1c1cc2ccccc2[nH]1. The second-order valence-electron chi connectivity index (χ2n) is 4.10. The number of fused-ring (bicyclic) bond motifs is 1. The molecule has 0 aliphatic heterocycles. The summed E-state index contributed by atoms with van der Waals surface area (Å²) in [7, 11) is 0. The lowest BCUT2D eigenvalue weighted by atomic mass is 10.2. The molecule has 3 nitrogen and oxygen atoms in total. The van der Waals surface area contributed by atoms with Gasteiger partial charge >= 0.3 is 5.97 Å². The van der Waals surface area contributed by atoms with E-state index in [1.807, 2.05) is 24.3 Å². The van der Waals surface area contributed by atoms with E-state index < -0.39 is 5.97 Å². The van der Waals surface area contributed by atoms with Crippen LogP contribution in [0.5, 0.6) is 0 Å². The summed E-state index contributed by atoms with van der Waals surface area (Å²) >= 11 is 0. The number of H-pyrrole nitrogens is 1. The van der Waals surface area contributed by atoms with Crippen molar-refractivity contribution in [3.8, 4) is 0 Å². The normalized spacial score (nSPS) is 24.3. The molecular formula is C12H11NO2. The molecule has 2 atom stereocenters. The van der Waals surface area contributed by atoms with Gasteiger partial charge in [-0.1, -0.05) is 18.2 Å². The summed E-state index contributed by atoms with van der Waals surface area (Å²) in [6.07, 6.45) is 0.766. The number of nitrogens with one attached hydrogen (secondary N) is 1. The van der Waals surface area contributed by atoms with Crippen LogP contribution >= 0.6 is 0 Å². The van der Waals surface area contributed by atoms with Gasteiger partial charge in [-0.15, -0.1) is 0 Å². The van der Waals surface area contributed by atoms with Crippen LogP contribution in [0.3, 0.4) is 0 Å². The maximum Gasteiger partial charge on any atom is 0.307 e. The number of para-hydroxylation sites is 1. The molecule has 0 saturated heterocycles. The third-order valence-corrected chi connectivity index (χ3v) is 3.06. The molecule has 15 heavy (non-hydrogen) atoms. The number of hydrogen-bond acceptors (Lipinski definition) is 1. The van der Waals surface area contributed by atoms with Crippen LogP contribution in [0.2, 0.25) is 0 Å². The van der Waals surface area contributed by atoms with Gasteiger partial charge in [0.1, 0.15) is 0 Å². The summed E-state index contributed by atoms with van der Waals surface area (Å²) in [5, 5.41) is 10.0. The molecule has 1 heterocycles. The molecule has 76 valence electrons. The molecule has 1 aromatic carbocycles. The molecule has 2 N–H and O–H groups in total. The minimum absolute atomic E-state index is 0.182. The molecule has 3 heteroatoms. The molecule has 1 aliphatic carbocycles. The van der Waals surface area contributed by atoms with Crippen LogP contribution in [-0.2, 0) is 4.79 Å². The molecule has 0 bridgehead atoms. The van der Waals surface area contributed by atoms with Gasteiger partial charge in [0.2, 0.25) is 0 Å². The Labute approximate surface area is 86.7 Å². The Hall–Kier alpha value is -1.77. The average Bonchev–Trinajstić information content (AvgIpc) is 2.91. The standard InChI is InChI=1S/C12H11NO2/c14-12(15)9-6-8(9)11-5-7-3-1-2-4-10(7)13-11/h1-5,8-9,13H,6H2,(H,14,15). The summed E-state index contributed by atoms with van der Waals surface area (Å²) in [6.45, 7) is 0. The van der Waals surface area contributed by atoms with Crippen molar-refractivity contribution in [2.75, 3.05) is 0 Å². The van der Waals surface area contributed by atoms with Gasteiger partial charge in [-0.3, -0.25) is 4.79 Å². The fourth-order valence-corrected chi connectivity index (χ4v) is 2.11. The number of hydrogen-bond donors (Lipinski definition) is 2. The second kappa shape index (κ2) is 2.86. The Kier molecular flexibility index (Phi) is 1.63. The number of benzene rings is 1. The molecule has 0 amide bonds. The summed E-state index contributed by atoms with van der Waals surface area (Å²) < 4.78 is 0. The van der Waals surface area contributed by atoms with Gasteiger partial charge < -0.3 is 10.1 Å². The Morgan fingerprint density at radius 3 is 2.87 bits per heavy atom. The van der Waals surface area contributed by atoms with Gasteiger partial charge in [0.15, 0.2) is 0 Å². The van der Waals surface area contributed by atoms with Gasteiger partial charge in [-0.05, 0) is 23.9 Å². The van der Waals surface area contributed by atoms with Gasteiger partial charge in [-0.25, -0.2) is 0 Å². The predicted molar refractivity (Wildman–Crippen MR) is 56.8 cm³/mol. The van der Waals surface area contributed by atoms with Crippen molar-refractivity contribution in [2.45, 2.75) is 12.3 Å². The lowest BCUT2D eigenvalue weighted by Crippen LogP contribution is -1.98. The first-order chi connectivity index (χ1) is 7.25. The van der Waals surface area contributed by atoms with Crippen molar-refractivity contribution in [2.24, 2.45) is 5.92 Å². The maximum atomic E-state index is 10.7. The number of rotatable bonds is 2. The topological polar surface area (TPSA) is 53.1 Å². The fraction of sp³-hybridized carbons (Fsp3) is 0.250. The van der Waals surface area contributed by atoms with Crippen molar-refractivity contribution in [1.82, 2.24) is 4.98 Å². The zero-order valence-electron chi connectivity index (χ0n) is 8.10. The van der Waals surface area contributed by atoms with E-state index in [9.17, 15) is 4.79 Å². The van der Waals surface area contributed by atoms with E-state index in [4.69, 9.17) is 5.11 Å². The molecule has 1 aliphatic rings. The minimum atomic E-state index is -0.682. The van der Waals surface area contributed by atoms with Crippen LogP contribution in [-0.4, -0.2) is 16.1 Å². The Balaban J connectivity index is 1.97. The first-order valence-electron chi connectivity index (χ1n) is 5.06. The molecule has 1 fully saturated rings. The van der Waals surface area contributed by atoms with Crippen LogP contribution in [0.4, 0.5) is 0 Å². The van der Waals surface area contributed by atoms with Crippen molar-refractivity contribution < 1.29 is 9.90 Å². The second-order valence-corrected chi connectivity index (χ2v) is 4.10. The van der Waals surface area contributed by atoms with E-state index in [-0.39, 0.29) is 11.8 Å². The third kappa shape index (κ3) is 1.31. The zero-order valence-corrected chi connectivity index (χ0v) is 8.10. The van der Waals surface area contributed by atoms with E-state index in [2.05, 4.69) is 11.1 Å². The fourth-order valence-electron chi connectivity index (χ4n) is 2.11. The predicted octanol–water partition coefficient (Wildman–Crippen LogP) is 2.36. The lowest BCUT2D eigenvalue weighted by molar-refractivity contribution is -0.138. The number of carboxylic acid groups (broad SMARTS) is 1. The van der Waals surface area contributed by atoms with Crippen LogP contribution in [0.1, 0.15) is 18.0 Å². The van der Waals surface area contributed by atoms with Crippen molar-refractivity contribution in [3.05, 3.63) is 36.0 Å². The highest BCUT2D eigenvalue weighted by atomic mass is 16.4. The molecule has 0 spiro atoms. The summed E-state index contributed by atoms with van der Waals surface area (Å²) in [5.41, 5.74) is 2.15. The van der Waals surface area contributed by atoms with Crippen LogP contribution in [0.25, 0.3) is 10.9 Å².